The van der Waals surface area contributed by atoms with Crippen LogP contribution in [-0.4, -0.2) is 34.8 Å². The van der Waals surface area contributed by atoms with Crippen LogP contribution in [0.1, 0.15) is 81.7 Å². The number of benzene rings is 2. The fraction of sp³-hybridized carbons (Fsp3) is 0.448. The van der Waals surface area contributed by atoms with Crippen LogP contribution in [0.3, 0.4) is 0 Å². The van der Waals surface area contributed by atoms with Gasteiger partial charge in [-0.2, -0.15) is 0 Å². The highest BCUT2D eigenvalue weighted by Gasteiger charge is 2.49. The Morgan fingerprint density at radius 2 is 1.71 bits per heavy atom. The number of methoxy groups -OCH3 is 1. The van der Waals surface area contributed by atoms with Crippen molar-refractivity contribution in [3.05, 3.63) is 70.3 Å². The lowest BCUT2D eigenvalue weighted by Crippen LogP contribution is -2.37. The average Bonchev–Trinajstić information content (AvgIpc) is 3.44. The van der Waals surface area contributed by atoms with Crippen LogP contribution in [0.25, 0.3) is 5.76 Å². The number of likely N-dealkylation sites (tertiary alicyclic amines) is 1. The average molecular weight is 462 g/mol. The van der Waals surface area contributed by atoms with Gasteiger partial charge >= 0.3 is 0 Å². The van der Waals surface area contributed by atoms with Gasteiger partial charge in [0, 0.05) is 6.04 Å². The van der Waals surface area contributed by atoms with Gasteiger partial charge in [0.15, 0.2) is 0 Å². The van der Waals surface area contributed by atoms with Gasteiger partial charge in [0.1, 0.15) is 11.5 Å². The zero-order chi connectivity index (χ0) is 24.6. The highest BCUT2D eigenvalue weighted by Crippen LogP contribution is 2.45. The Morgan fingerprint density at radius 1 is 1.06 bits per heavy atom. The summed E-state index contributed by atoms with van der Waals surface area (Å²) in [7, 11) is 1.54. The molecule has 2 aromatic rings. The number of aliphatic hydroxyl groups excluding tert-OH is 1. The van der Waals surface area contributed by atoms with Gasteiger partial charge in [-0.15, -0.1) is 0 Å². The minimum Gasteiger partial charge on any atom is -0.507 e. The van der Waals surface area contributed by atoms with E-state index in [-0.39, 0.29) is 22.8 Å². The second-order valence-electron chi connectivity index (χ2n) is 10.4. The Labute approximate surface area is 202 Å². The summed E-state index contributed by atoms with van der Waals surface area (Å²) in [6.07, 6.45) is 4.73. The van der Waals surface area contributed by atoms with E-state index in [9.17, 15) is 14.7 Å². The van der Waals surface area contributed by atoms with Gasteiger partial charge in [-0.05, 0) is 53.5 Å². The van der Waals surface area contributed by atoms with E-state index in [1.807, 2.05) is 42.5 Å². The third kappa shape index (κ3) is 4.24. The fourth-order valence-electron chi connectivity index (χ4n) is 5.18. The SMILES string of the molecule is CCc1ccc(C2/C(=C(\O)c3cc(C(C)(C)C)ccc3OC)C(=O)C(=O)N2C2CCCC2)cc1. The molecule has 1 aliphatic heterocycles. The van der Waals surface area contributed by atoms with Crippen molar-refractivity contribution in [1.29, 1.82) is 0 Å². The van der Waals surface area contributed by atoms with Crippen LogP contribution in [0.2, 0.25) is 0 Å². The first-order valence-electron chi connectivity index (χ1n) is 12.2. The van der Waals surface area contributed by atoms with Crippen LogP contribution in [0.15, 0.2) is 48.0 Å². The molecule has 1 saturated carbocycles. The number of aliphatic hydroxyl groups is 1. The van der Waals surface area contributed by atoms with Crippen molar-refractivity contribution in [3.63, 3.8) is 0 Å². The molecule has 5 heteroatoms. The van der Waals surface area contributed by atoms with E-state index in [1.165, 1.54) is 5.56 Å². The number of rotatable bonds is 5. The van der Waals surface area contributed by atoms with Crippen molar-refractivity contribution >= 4 is 17.4 Å². The third-order valence-corrected chi connectivity index (χ3v) is 7.22. The number of carbonyl (C=O) groups excluding carboxylic acids is 2. The van der Waals surface area contributed by atoms with Crippen molar-refractivity contribution in [2.45, 2.75) is 77.3 Å². The van der Waals surface area contributed by atoms with Crippen molar-refractivity contribution in [3.8, 4) is 5.75 Å². The molecule has 2 aromatic carbocycles. The lowest BCUT2D eigenvalue weighted by Gasteiger charge is -2.31. The predicted molar refractivity (Wildman–Crippen MR) is 134 cm³/mol. The minimum absolute atomic E-state index is 0.000377. The molecule has 0 aromatic heterocycles. The maximum absolute atomic E-state index is 13.4. The summed E-state index contributed by atoms with van der Waals surface area (Å²) in [5.41, 5.74) is 3.45. The van der Waals surface area contributed by atoms with Gasteiger partial charge < -0.3 is 14.7 Å². The Morgan fingerprint density at radius 3 is 2.26 bits per heavy atom. The molecule has 5 nitrogen and oxygen atoms in total. The number of nitrogens with zero attached hydrogens (tertiary/aromatic N) is 1. The van der Waals surface area contributed by atoms with E-state index >= 15 is 0 Å². The smallest absolute Gasteiger partial charge is 0.295 e. The number of ether oxygens (including phenoxy) is 1. The van der Waals surface area contributed by atoms with Gasteiger partial charge in [-0.3, -0.25) is 9.59 Å². The van der Waals surface area contributed by atoms with Crippen LogP contribution >= 0.6 is 0 Å². The van der Waals surface area contributed by atoms with Crippen LogP contribution in [0.4, 0.5) is 0 Å². The van der Waals surface area contributed by atoms with Gasteiger partial charge in [0.25, 0.3) is 11.7 Å². The first-order valence-corrected chi connectivity index (χ1v) is 12.2. The first-order chi connectivity index (χ1) is 16.2. The molecule has 1 atom stereocenters. The summed E-state index contributed by atoms with van der Waals surface area (Å²) in [4.78, 5) is 28.5. The second kappa shape index (κ2) is 9.28. The molecule has 1 aliphatic carbocycles. The molecule has 1 saturated heterocycles. The number of ketones is 1. The lowest BCUT2D eigenvalue weighted by molar-refractivity contribution is -0.141. The number of hydrogen-bond donors (Lipinski definition) is 1. The van der Waals surface area contributed by atoms with Crippen LogP contribution in [0.5, 0.6) is 5.75 Å². The molecule has 0 radical (unpaired) electrons. The zero-order valence-corrected chi connectivity index (χ0v) is 20.9. The van der Waals surface area contributed by atoms with Gasteiger partial charge in [0.05, 0.1) is 24.3 Å². The summed E-state index contributed by atoms with van der Waals surface area (Å²) in [5.74, 6) is -0.856. The quantitative estimate of drug-likeness (QED) is 0.341. The van der Waals surface area contributed by atoms with E-state index in [1.54, 1.807) is 12.0 Å². The van der Waals surface area contributed by atoms with Crippen molar-refractivity contribution < 1.29 is 19.4 Å². The molecule has 1 amide bonds. The highest BCUT2D eigenvalue weighted by molar-refractivity contribution is 6.46. The normalized spacial score (nSPS) is 20.9. The molecule has 0 bridgehead atoms. The lowest BCUT2D eigenvalue weighted by atomic mass is 9.85. The van der Waals surface area contributed by atoms with E-state index in [0.29, 0.717) is 11.3 Å². The molecule has 180 valence electrons. The van der Waals surface area contributed by atoms with Crippen molar-refractivity contribution in [1.82, 2.24) is 4.90 Å². The zero-order valence-electron chi connectivity index (χ0n) is 20.9. The molecule has 1 N–H and O–H groups in total. The Balaban J connectivity index is 1.93. The number of hydrogen-bond acceptors (Lipinski definition) is 4. The largest absolute Gasteiger partial charge is 0.507 e. The van der Waals surface area contributed by atoms with Gasteiger partial charge in [-0.1, -0.05) is 70.9 Å². The van der Waals surface area contributed by atoms with E-state index in [2.05, 4.69) is 27.7 Å². The Hall–Kier alpha value is -3.08. The molecule has 2 fully saturated rings. The van der Waals surface area contributed by atoms with Crippen LogP contribution < -0.4 is 4.74 Å². The third-order valence-electron chi connectivity index (χ3n) is 7.22. The monoisotopic (exact) mass is 461 g/mol. The molecule has 2 aliphatic rings. The summed E-state index contributed by atoms with van der Waals surface area (Å²) in [6.45, 7) is 8.36. The van der Waals surface area contributed by atoms with Gasteiger partial charge in [-0.25, -0.2) is 0 Å². The topological polar surface area (TPSA) is 66.8 Å². The van der Waals surface area contributed by atoms with E-state index < -0.39 is 17.7 Å². The summed E-state index contributed by atoms with van der Waals surface area (Å²) < 4.78 is 5.55. The molecule has 1 unspecified atom stereocenters. The standard InChI is InChI=1S/C29H35NO4/c1-6-18-11-13-19(14-12-18)25-24(27(32)28(33)30(25)21-9-7-8-10-21)26(31)22-17-20(29(2,3)4)15-16-23(22)34-5/h11-17,21,25,31H,6-10H2,1-5H3/b26-24+. The molecule has 34 heavy (non-hydrogen) atoms. The molecule has 1 heterocycles. The number of aryl methyl sites for hydroxylation is 1. The number of carbonyl (C=O) groups is 2. The van der Waals surface area contributed by atoms with Gasteiger partial charge in [0.2, 0.25) is 0 Å². The maximum atomic E-state index is 13.4. The molecular weight excluding hydrogens is 426 g/mol. The van der Waals surface area contributed by atoms with Crippen LogP contribution in [-0.2, 0) is 21.4 Å². The molecular formula is C29H35NO4. The van der Waals surface area contributed by atoms with Crippen LogP contribution in [0, 0.1) is 0 Å². The van der Waals surface area contributed by atoms with E-state index in [4.69, 9.17) is 4.74 Å². The Bertz CT molecular complexity index is 1120. The summed E-state index contributed by atoms with van der Waals surface area (Å²) in [5, 5.41) is 11.6. The fourth-order valence-corrected chi connectivity index (χ4v) is 5.18. The summed E-state index contributed by atoms with van der Waals surface area (Å²) >= 11 is 0. The Kier molecular flexibility index (Phi) is 6.57. The van der Waals surface area contributed by atoms with Crippen molar-refractivity contribution in [2.75, 3.05) is 7.11 Å². The number of amides is 1. The molecule has 4 rings (SSSR count). The molecule has 0 spiro atoms. The predicted octanol–water partition coefficient (Wildman–Crippen LogP) is 5.92. The highest BCUT2D eigenvalue weighted by atomic mass is 16.5. The number of Topliss-reactive ketones (excluding diaryl/α,β-unsaturated/α-hetero) is 1. The summed E-state index contributed by atoms with van der Waals surface area (Å²) in [6, 6.07) is 13.1. The first kappa shape index (κ1) is 24.1. The van der Waals surface area contributed by atoms with Crippen molar-refractivity contribution in [2.24, 2.45) is 0 Å². The maximum Gasteiger partial charge on any atom is 0.295 e. The second-order valence-corrected chi connectivity index (χ2v) is 10.4. The minimum atomic E-state index is -0.628. The van der Waals surface area contributed by atoms with E-state index in [0.717, 1.165) is 43.2 Å².